The number of aryl methyl sites for hydroxylation is 1. The van der Waals surface area contributed by atoms with Crippen molar-refractivity contribution in [2.24, 2.45) is 0 Å². The molecular weight excluding hydrogens is 350 g/mol. The Morgan fingerprint density at radius 2 is 2.04 bits per heavy atom. The van der Waals surface area contributed by atoms with Crippen LogP contribution in [0.5, 0.6) is 0 Å². The molecule has 1 N–H and O–H groups in total. The quantitative estimate of drug-likeness (QED) is 0.549. The van der Waals surface area contributed by atoms with Crippen LogP contribution in [0.4, 0.5) is 5.69 Å². The van der Waals surface area contributed by atoms with Crippen molar-refractivity contribution in [3.05, 3.63) is 77.4 Å². The third-order valence-corrected chi connectivity index (χ3v) is 4.28. The molecule has 4 aromatic rings. The topological polar surface area (TPSA) is 68.0 Å². The van der Waals surface area contributed by atoms with Crippen molar-refractivity contribution in [2.45, 2.75) is 6.92 Å². The summed E-state index contributed by atoms with van der Waals surface area (Å²) in [5.74, 6) is 0.408. The first-order chi connectivity index (χ1) is 12.6. The first-order valence-electron chi connectivity index (χ1n) is 7.97. The highest BCUT2D eigenvalue weighted by molar-refractivity contribution is 6.31. The number of carbonyl (C=O) groups is 1. The van der Waals surface area contributed by atoms with Crippen LogP contribution in [0, 0.1) is 6.92 Å². The highest BCUT2D eigenvalue weighted by atomic mass is 35.5. The standard InChI is InChI=1S/C20H14ClN3O2/c1-12-17(9-14-7-15(21)5-6-18(14)23-12)20(25)24-16-4-2-3-13(8-16)19-10-22-11-26-19/h2-11H,1H3,(H,24,25). The van der Waals surface area contributed by atoms with Crippen LogP contribution in [-0.4, -0.2) is 15.9 Å². The zero-order chi connectivity index (χ0) is 18.1. The number of nitrogens with zero attached hydrogens (tertiary/aromatic N) is 2. The highest BCUT2D eigenvalue weighted by Crippen LogP contribution is 2.24. The second-order valence-corrected chi connectivity index (χ2v) is 6.30. The van der Waals surface area contributed by atoms with Gasteiger partial charge in [0.1, 0.15) is 0 Å². The van der Waals surface area contributed by atoms with Gasteiger partial charge in [-0.15, -0.1) is 0 Å². The number of nitrogens with one attached hydrogen (secondary N) is 1. The van der Waals surface area contributed by atoms with Crippen molar-refractivity contribution in [1.29, 1.82) is 0 Å². The van der Waals surface area contributed by atoms with Crippen LogP contribution in [0.15, 0.2) is 65.5 Å². The van der Waals surface area contributed by atoms with E-state index in [0.717, 1.165) is 16.5 Å². The molecule has 2 heterocycles. The van der Waals surface area contributed by atoms with Crippen molar-refractivity contribution in [1.82, 2.24) is 9.97 Å². The van der Waals surface area contributed by atoms with Crippen molar-refractivity contribution >= 4 is 34.1 Å². The predicted molar refractivity (Wildman–Crippen MR) is 101 cm³/mol. The molecule has 0 aliphatic carbocycles. The van der Waals surface area contributed by atoms with E-state index in [1.807, 2.05) is 37.3 Å². The Labute approximate surface area is 154 Å². The molecule has 128 valence electrons. The van der Waals surface area contributed by atoms with Crippen LogP contribution in [0.25, 0.3) is 22.2 Å². The van der Waals surface area contributed by atoms with Crippen molar-refractivity contribution in [3.63, 3.8) is 0 Å². The van der Waals surface area contributed by atoms with Gasteiger partial charge in [0, 0.05) is 21.7 Å². The molecule has 1 amide bonds. The molecule has 26 heavy (non-hydrogen) atoms. The minimum Gasteiger partial charge on any atom is -0.444 e. The maximum Gasteiger partial charge on any atom is 0.257 e. The minimum absolute atomic E-state index is 0.230. The number of pyridine rings is 1. The van der Waals surface area contributed by atoms with Crippen molar-refractivity contribution in [3.8, 4) is 11.3 Å². The van der Waals surface area contributed by atoms with E-state index in [2.05, 4.69) is 15.3 Å². The van der Waals surface area contributed by atoms with Gasteiger partial charge in [0.15, 0.2) is 12.2 Å². The fourth-order valence-electron chi connectivity index (χ4n) is 2.78. The molecule has 2 aromatic carbocycles. The monoisotopic (exact) mass is 363 g/mol. The zero-order valence-corrected chi connectivity index (χ0v) is 14.6. The largest absolute Gasteiger partial charge is 0.444 e. The lowest BCUT2D eigenvalue weighted by Crippen LogP contribution is -2.14. The molecule has 0 saturated heterocycles. The van der Waals surface area contributed by atoms with E-state index in [1.54, 1.807) is 24.4 Å². The van der Waals surface area contributed by atoms with Gasteiger partial charge in [0.2, 0.25) is 0 Å². The SMILES string of the molecule is Cc1nc2ccc(Cl)cc2cc1C(=O)Nc1cccc(-c2cnco2)c1. The molecule has 0 radical (unpaired) electrons. The third kappa shape index (κ3) is 3.17. The number of amides is 1. The number of hydrogen-bond acceptors (Lipinski definition) is 4. The number of aromatic nitrogens is 2. The van der Waals surface area contributed by atoms with Crippen LogP contribution in [0.3, 0.4) is 0 Å². The number of carbonyl (C=O) groups excluding carboxylic acids is 1. The van der Waals surface area contributed by atoms with Crippen LogP contribution in [0.1, 0.15) is 16.1 Å². The van der Waals surface area contributed by atoms with Gasteiger partial charge >= 0.3 is 0 Å². The number of halogens is 1. The summed E-state index contributed by atoms with van der Waals surface area (Å²) in [6, 6.07) is 14.6. The number of oxazole rings is 1. The van der Waals surface area contributed by atoms with Crippen LogP contribution in [0.2, 0.25) is 5.02 Å². The Bertz CT molecular complexity index is 1110. The Morgan fingerprint density at radius 3 is 2.85 bits per heavy atom. The Hall–Kier alpha value is -3.18. The summed E-state index contributed by atoms with van der Waals surface area (Å²) in [4.78, 5) is 21.1. The maximum atomic E-state index is 12.7. The van der Waals surface area contributed by atoms with E-state index in [4.69, 9.17) is 16.0 Å². The van der Waals surface area contributed by atoms with Crippen LogP contribution in [-0.2, 0) is 0 Å². The highest BCUT2D eigenvalue weighted by Gasteiger charge is 2.13. The molecule has 0 aliphatic heterocycles. The van der Waals surface area contributed by atoms with Gasteiger partial charge in [0.05, 0.1) is 23.0 Å². The van der Waals surface area contributed by atoms with E-state index in [9.17, 15) is 4.79 Å². The molecule has 0 unspecified atom stereocenters. The molecule has 0 spiro atoms. The minimum atomic E-state index is -0.230. The molecule has 0 atom stereocenters. The summed E-state index contributed by atoms with van der Waals surface area (Å²) in [5.41, 5.74) is 3.46. The number of benzene rings is 2. The fraction of sp³-hybridized carbons (Fsp3) is 0.0500. The van der Waals surface area contributed by atoms with E-state index < -0.39 is 0 Å². The summed E-state index contributed by atoms with van der Waals surface area (Å²) < 4.78 is 5.30. The van der Waals surface area contributed by atoms with Crippen LogP contribution >= 0.6 is 11.6 Å². The zero-order valence-electron chi connectivity index (χ0n) is 13.9. The van der Waals surface area contributed by atoms with E-state index >= 15 is 0 Å². The summed E-state index contributed by atoms with van der Waals surface area (Å²) in [5, 5.41) is 4.34. The maximum absolute atomic E-state index is 12.7. The summed E-state index contributed by atoms with van der Waals surface area (Å²) in [7, 11) is 0. The van der Waals surface area contributed by atoms with E-state index in [0.29, 0.717) is 27.7 Å². The molecule has 0 bridgehead atoms. The van der Waals surface area contributed by atoms with Crippen molar-refractivity contribution in [2.75, 3.05) is 5.32 Å². The first kappa shape index (κ1) is 16.3. The van der Waals surface area contributed by atoms with Crippen molar-refractivity contribution < 1.29 is 9.21 Å². The molecule has 4 rings (SSSR count). The number of anilines is 1. The number of fused-ring (bicyclic) bond motifs is 1. The predicted octanol–water partition coefficient (Wildman–Crippen LogP) is 5.10. The van der Waals surface area contributed by atoms with Gasteiger partial charge in [-0.3, -0.25) is 9.78 Å². The molecular formula is C20H14ClN3O2. The Morgan fingerprint density at radius 1 is 1.15 bits per heavy atom. The van der Waals surface area contributed by atoms with E-state index in [-0.39, 0.29) is 5.91 Å². The summed E-state index contributed by atoms with van der Waals surface area (Å²) >= 11 is 6.04. The Balaban J connectivity index is 1.65. The summed E-state index contributed by atoms with van der Waals surface area (Å²) in [6.45, 7) is 1.81. The lowest BCUT2D eigenvalue weighted by Gasteiger charge is -2.10. The average Bonchev–Trinajstić information content (AvgIpc) is 3.16. The number of hydrogen-bond donors (Lipinski definition) is 1. The van der Waals surface area contributed by atoms with Gasteiger partial charge in [-0.1, -0.05) is 23.7 Å². The van der Waals surface area contributed by atoms with Gasteiger partial charge in [-0.05, 0) is 43.3 Å². The smallest absolute Gasteiger partial charge is 0.257 e. The normalized spacial score (nSPS) is 10.8. The molecule has 0 saturated carbocycles. The second kappa shape index (κ2) is 6.61. The Kier molecular flexibility index (Phi) is 4.14. The molecule has 6 heteroatoms. The van der Waals surface area contributed by atoms with Gasteiger partial charge in [0.25, 0.3) is 5.91 Å². The summed E-state index contributed by atoms with van der Waals surface area (Å²) in [6.07, 6.45) is 3.00. The lowest BCUT2D eigenvalue weighted by molar-refractivity contribution is 0.102. The van der Waals surface area contributed by atoms with Crippen LogP contribution < -0.4 is 5.32 Å². The second-order valence-electron chi connectivity index (χ2n) is 5.86. The van der Waals surface area contributed by atoms with Gasteiger partial charge in [-0.2, -0.15) is 0 Å². The lowest BCUT2D eigenvalue weighted by atomic mass is 10.1. The number of rotatable bonds is 3. The average molecular weight is 364 g/mol. The molecule has 0 fully saturated rings. The van der Waals surface area contributed by atoms with Gasteiger partial charge in [-0.25, -0.2) is 4.98 Å². The molecule has 5 nitrogen and oxygen atoms in total. The first-order valence-corrected chi connectivity index (χ1v) is 8.35. The van der Waals surface area contributed by atoms with E-state index in [1.165, 1.54) is 6.39 Å². The molecule has 0 aliphatic rings. The van der Waals surface area contributed by atoms with Gasteiger partial charge < -0.3 is 9.73 Å². The fourth-order valence-corrected chi connectivity index (χ4v) is 2.96. The third-order valence-electron chi connectivity index (χ3n) is 4.05. The molecule has 2 aromatic heterocycles.